The van der Waals surface area contributed by atoms with E-state index in [0.717, 1.165) is 22.5 Å². The molecular weight excluding hydrogens is 376 g/mol. The van der Waals surface area contributed by atoms with Crippen LogP contribution in [0.5, 0.6) is 0 Å². The Kier molecular flexibility index (Phi) is 4.74. The van der Waals surface area contributed by atoms with E-state index >= 15 is 0 Å². The van der Waals surface area contributed by atoms with Crippen LogP contribution in [0.4, 0.5) is 5.69 Å². The van der Waals surface area contributed by atoms with Gasteiger partial charge in [-0.3, -0.25) is 4.79 Å². The van der Waals surface area contributed by atoms with Crippen molar-refractivity contribution in [3.8, 4) is 5.69 Å². The summed E-state index contributed by atoms with van der Waals surface area (Å²) in [6.07, 6.45) is 4.09. The van der Waals surface area contributed by atoms with Crippen molar-refractivity contribution in [3.63, 3.8) is 0 Å². The smallest absolute Gasteiger partial charge is 0.240 e. The molecule has 0 fully saturated rings. The highest BCUT2D eigenvalue weighted by Crippen LogP contribution is 2.30. The first-order valence-electron chi connectivity index (χ1n) is 8.94. The van der Waals surface area contributed by atoms with Crippen molar-refractivity contribution >= 4 is 21.6 Å². The number of carbonyl (C=O) groups excluding carboxylic acids is 1. The summed E-state index contributed by atoms with van der Waals surface area (Å²) in [6, 6.07) is 14.5. The number of carbonyl (C=O) groups is 1. The summed E-state index contributed by atoms with van der Waals surface area (Å²) >= 11 is 0. The van der Waals surface area contributed by atoms with E-state index in [1.165, 1.54) is 13.0 Å². The highest BCUT2D eigenvalue weighted by Gasteiger charge is 2.24. The maximum absolute atomic E-state index is 12.7. The Morgan fingerprint density at radius 1 is 1.18 bits per heavy atom. The maximum Gasteiger partial charge on any atom is 0.240 e. The lowest BCUT2D eigenvalue weighted by Crippen LogP contribution is -2.26. The number of para-hydroxylation sites is 1. The van der Waals surface area contributed by atoms with Crippen LogP contribution in [0.3, 0.4) is 0 Å². The fourth-order valence-corrected chi connectivity index (χ4v) is 4.38. The van der Waals surface area contributed by atoms with Crippen LogP contribution in [0, 0.1) is 0 Å². The lowest BCUT2D eigenvalue weighted by Gasteiger charge is -2.15. The van der Waals surface area contributed by atoms with Crippen LogP contribution in [0.15, 0.2) is 65.8 Å². The van der Waals surface area contributed by atoms with Gasteiger partial charge in [-0.1, -0.05) is 18.2 Å². The highest BCUT2D eigenvalue weighted by molar-refractivity contribution is 7.89. The molecule has 1 aromatic heterocycles. The van der Waals surface area contributed by atoms with E-state index in [-0.39, 0.29) is 17.3 Å². The number of anilines is 1. The molecule has 144 valence electrons. The minimum Gasteiger partial charge on any atom is -0.312 e. The summed E-state index contributed by atoms with van der Waals surface area (Å²) in [4.78, 5) is 13.5. The molecule has 0 aliphatic carbocycles. The predicted molar refractivity (Wildman–Crippen MR) is 106 cm³/mol. The van der Waals surface area contributed by atoms with Crippen LogP contribution in [0.25, 0.3) is 5.69 Å². The first-order chi connectivity index (χ1) is 13.4. The van der Waals surface area contributed by atoms with Gasteiger partial charge in [-0.15, -0.1) is 0 Å². The Morgan fingerprint density at radius 3 is 2.71 bits per heavy atom. The summed E-state index contributed by atoms with van der Waals surface area (Å²) in [6.45, 7) is 2.24. The number of hydrogen-bond donors (Lipinski definition) is 1. The van der Waals surface area contributed by atoms with E-state index < -0.39 is 10.0 Å². The Bertz CT molecular complexity index is 1120. The van der Waals surface area contributed by atoms with Crippen molar-refractivity contribution in [2.24, 2.45) is 0 Å². The van der Waals surface area contributed by atoms with Gasteiger partial charge in [0.1, 0.15) is 0 Å². The molecule has 1 aliphatic rings. The number of benzene rings is 2. The number of nitrogens with one attached hydrogen (secondary N) is 1. The number of nitrogens with zero attached hydrogens (tertiary/aromatic N) is 3. The zero-order valence-electron chi connectivity index (χ0n) is 15.4. The fourth-order valence-electron chi connectivity index (χ4n) is 3.31. The quantitative estimate of drug-likeness (QED) is 0.717. The molecule has 0 bridgehead atoms. The van der Waals surface area contributed by atoms with Gasteiger partial charge in [0.25, 0.3) is 0 Å². The molecule has 0 spiro atoms. The molecule has 3 aromatic rings. The third-order valence-corrected chi connectivity index (χ3v) is 6.16. The van der Waals surface area contributed by atoms with Crippen molar-refractivity contribution in [2.45, 2.75) is 24.8 Å². The zero-order chi connectivity index (χ0) is 19.7. The van der Waals surface area contributed by atoms with E-state index in [9.17, 15) is 13.2 Å². The standard InChI is InChI=1S/C20H20N4O3S/c1-15(25)23-10-9-17-11-19(7-8-20(17)23)28(26,27)22-13-16-12-21-24(14-16)18-5-3-2-4-6-18/h2-8,11-12,14,22H,9-10,13H2,1H3. The topological polar surface area (TPSA) is 84.3 Å². The molecule has 2 heterocycles. The molecule has 28 heavy (non-hydrogen) atoms. The molecule has 7 nitrogen and oxygen atoms in total. The van der Waals surface area contributed by atoms with Crippen LogP contribution in [0.2, 0.25) is 0 Å². The monoisotopic (exact) mass is 396 g/mol. The highest BCUT2D eigenvalue weighted by atomic mass is 32.2. The van der Waals surface area contributed by atoms with Crippen molar-refractivity contribution in [1.29, 1.82) is 0 Å². The van der Waals surface area contributed by atoms with Crippen molar-refractivity contribution < 1.29 is 13.2 Å². The summed E-state index contributed by atoms with van der Waals surface area (Å²) in [5, 5.41) is 4.28. The van der Waals surface area contributed by atoms with Gasteiger partial charge in [0.2, 0.25) is 15.9 Å². The maximum atomic E-state index is 12.7. The number of sulfonamides is 1. The van der Waals surface area contributed by atoms with Crippen molar-refractivity contribution in [2.75, 3.05) is 11.4 Å². The molecule has 0 radical (unpaired) electrons. The van der Waals surface area contributed by atoms with Gasteiger partial charge in [0.15, 0.2) is 0 Å². The first-order valence-corrected chi connectivity index (χ1v) is 10.4. The number of hydrogen-bond acceptors (Lipinski definition) is 4. The van der Waals surface area contributed by atoms with Gasteiger partial charge in [-0.2, -0.15) is 5.10 Å². The first kappa shape index (κ1) is 18.4. The average molecular weight is 396 g/mol. The molecule has 1 amide bonds. The molecule has 0 unspecified atom stereocenters. The Morgan fingerprint density at radius 2 is 1.96 bits per heavy atom. The van der Waals surface area contributed by atoms with Crippen LogP contribution < -0.4 is 9.62 Å². The van der Waals surface area contributed by atoms with Gasteiger partial charge in [-0.05, 0) is 42.3 Å². The molecule has 1 N–H and O–H groups in total. The Labute approximate surface area is 163 Å². The van der Waals surface area contributed by atoms with E-state index in [2.05, 4.69) is 9.82 Å². The average Bonchev–Trinajstić information content (AvgIpc) is 3.34. The van der Waals surface area contributed by atoms with Gasteiger partial charge < -0.3 is 4.90 Å². The van der Waals surface area contributed by atoms with E-state index in [1.807, 2.05) is 30.3 Å². The van der Waals surface area contributed by atoms with Gasteiger partial charge in [-0.25, -0.2) is 17.8 Å². The molecular formula is C20H20N4O3S. The second-order valence-electron chi connectivity index (χ2n) is 6.66. The third kappa shape index (κ3) is 3.56. The van der Waals surface area contributed by atoms with Crippen LogP contribution in [-0.2, 0) is 27.8 Å². The molecule has 1 aliphatic heterocycles. The number of rotatable bonds is 5. The van der Waals surface area contributed by atoms with E-state index in [1.54, 1.807) is 34.1 Å². The molecule has 2 aromatic carbocycles. The number of aromatic nitrogens is 2. The van der Waals surface area contributed by atoms with E-state index in [4.69, 9.17) is 0 Å². The Balaban J connectivity index is 1.48. The normalized spacial score (nSPS) is 13.5. The summed E-state index contributed by atoms with van der Waals surface area (Å²) in [5.41, 5.74) is 3.33. The third-order valence-electron chi connectivity index (χ3n) is 4.76. The summed E-state index contributed by atoms with van der Waals surface area (Å²) in [7, 11) is -3.66. The minimum atomic E-state index is -3.66. The molecule has 0 saturated carbocycles. The van der Waals surface area contributed by atoms with Gasteiger partial charge >= 0.3 is 0 Å². The van der Waals surface area contributed by atoms with Crippen molar-refractivity contribution in [1.82, 2.24) is 14.5 Å². The van der Waals surface area contributed by atoms with Gasteiger partial charge in [0.05, 0.1) is 16.8 Å². The largest absolute Gasteiger partial charge is 0.312 e. The van der Waals surface area contributed by atoms with Crippen molar-refractivity contribution in [3.05, 3.63) is 72.1 Å². The molecule has 0 saturated heterocycles. The van der Waals surface area contributed by atoms with Gasteiger partial charge in [0, 0.05) is 37.5 Å². The molecule has 4 rings (SSSR count). The van der Waals surface area contributed by atoms with Crippen LogP contribution in [0.1, 0.15) is 18.1 Å². The lowest BCUT2D eigenvalue weighted by atomic mass is 10.2. The zero-order valence-corrected chi connectivity index (χ0v) is 16.2. The summed E-state index contributed by atoms with van der Waals surface area (Å²) < 4.78 is 29.7. The second-order valence-corrected chi connectivity index (χ2v) is 8.43. The minimum absolute atomic E-state index is 0.0390. The number of amides is 1. The lowest BCUT2D eigenvalue weighted by molar-refractivity contribution is -0.116. The SMILES string of the molecule is CC(=O)N1CCc2cc(S(=O)(=O)NCc3cnn(-c4ccccc4)c3)ccc21. The second kappa shape index (κ2) is 7.21. The fraction of sp³-hybridized carbons (Fsp3) is 0.200. The van der Waals surface area contributed by atoms with E-state index in [0.29, 0.717) is 13.0 Å². The summed E-state index contributed by atoms with van der Waals surface area (Å²) in [5.74, 6) is -0.0390. The van der Waals surface area contributed by atoms with Crippen LogP contribution >= 0.6 is 0 Å². The molecule has 0 atom stereocenters. The van der Waals surface area contributed by atoms with Crippen LogP contribution in [-0.4, -0.2) is 30.7 Å². The number of fused-ring (bicyclic) bond motifs is 1. The Hall–Kier alpha value is -2.97. The molecule has 8 heteroatoms. The predicted octanol–water partition coefficient (Wildman–Crippen LogP) is 2.26.